The number of carbonyl (C=O) groups is 3. The summed E-state index contributed by atoms with van der Waals surface area (Å²) in [7, 11) is -0.260. The summed E-state index contributed by atoms with van der Waals surface area (Å²) in [5.41, 5.74) is 1.13. The van der Waals surface area contributed by atoms with Crippen LogP contribution in [0.1, 0.15) is 30.5 Å². The van der Waals surface area contributed by atoms with Gasteiger partial charge >= 0.3 is 13.2 Å². The van der Waals surface area contributed by atoms with Crippen LogP contribution >= 0.6 is 0 Å². The summed E-state index contributed by atoms with van der Waals surface area (Å²) in [6.45, 7) is -0.212. The fourth-order valence-electron chi connectivity index (χ4n) is 5.34. The summed E-state index contributed by atoms with van der Waals surface area (Å²) in [4.78, 5) is 39.2. The predicted octanol–water partition coefficient (Wildman–Crippen LogP) is 2.02. The topological polar surface area (TPSA) is 136 Å². The molecule has 3 heterocycles. The molecule has 35 heavy (non-hydrogen) atoms. The third kappa shape index (κ3) is 4.05. The molecule has 182 valence electrons. The van der Waals surface area contributed by atoms with E-state index in [-0.39, 0.29) is 26.1 Å². The quantitative estimate of drug-likeness (QED) is 0.486. The number of imide groups is 3. The first-order valence-electron chi connectivity index (χ1n) is 11.3. The lowest BCUT2D eigenvalue weighted by atomic mass is 9.55. The van der Waals surface area contributed by atoms with E-state index in [9.17, 15) is 24.5 Å². The van der Waals surface area contributed by atoms with E-state index < -0.39 is 48.9 Å². The molecule has 2 aliphatic heterocycles. The number of likely N-dealkylation sites (tertiary alicyclic amines) is 1. The van der Waals surface area contributed by atoms with Crippen molar-refractivity contribution >= 4 is 25.0 Å². The van der Waals surface area contributed by atoms with Gasteiger partial charge in [0.05, 0.1) is 18.9 Å². The maximum Gasteiger partial charge on any atom is 0.487 e. The minimum Gasteiger partial charge on any atom is -0.489 e. The van der Waals surface area contributed by atoms with Gasteiger partial charge in [0, 0.05) is 0 Å². The smallest absolute Gasteiger partial charge is 0.487 e. The molecule has 2 aromatic rings. The van der Waals surface area contributed by atoms with Crippen molar-refractivity contribution in [3.8, 4) is 5.75 Å². The Hall–Kier alpha value is -3.41. The van der Waals surface area contributed by atoms with Gasteiger partial charge in [-0.3, -0.25) is 9.59 Å². The van der Waals surface area contributed by atoms with Gasteiger partial charge in [-0.2, -0.15) is 4.90 Å². The Morgan fingerprint density at radius 2 is 1.91 bits per heavy atom. The number of para-hydroxylation sites is 1. The first kappa shape index (κ1) is 23.3. The average Bonchev–Trinajstić information content (AvgIpc) is 3.45. The van der Waals surface area contributed by atoms with E-state index >= 15 is 0 Å². The highest BCUT2D eigenvalue weighted by Crippen LogP contribution is 2.51. The number of furan rings is 1. The van der Waals surface area contributed by atoms with Gasteiger partial charge in [0.15, 0.2) is 0 Å². The van der Waals surface area contributed by atoms with Crippen LogP contribution in [-0.2, 0) is 25.6 Å². The van der Waals surface area contributed by atoms with Gasteiger partial charge in [0.2, 0.25) is 11.8 Å². The summed E-state index contributed by atoms with van der Waals surface area (Å²) in [6.07, 6.45) is -1.37. The Balaban J connectivity index is 1.51. The second-order valence-corrected chi connectivity index (χ2v) is 8.76. The standard InChI is InChI=1S/C24H24BNO9/c1-32-24(30)26-22(28)17-9-13(12-33-14-5-3-2-4-6-14)21-16(20(17)23(26)29)10-19(35-25(21)31)18-8-7-15(11-27)34-18/h2-8,16-17,19-20,27,31H,9-12H2,1H3/t16-,17-,19-,20+/m0/s1. The van der Waals surface area contributed by atoms with E-state index in [0.717, 1.165) is 7.11 Å². The van der Waals surface area contributed by atoms with Crippen molar-refractivity contribution in [3.63, 3.8) is 0 Å². The normalized spacial score (nSPS) is 26.0. The Morgan fingerprint density at radius 3 is 2.60 bits per heavy atom. The minimum atomic E-state index is -1.37. The van der Waals surface area contributed by atoms with Crippen LogP contribution in [0.2, 0.25) is 0 Å². The minimum absolute atomic E-state index is 0.0826. The first-order chi connectivity index (χ1) is 16.9. The zero-order valence-electron chi connectivity index (χ0n) is 19.0. The van der Waals surface area contributed by atoms with Crippen LogP contribution in [0.3, 0.4) is 0 Å². The van der Waals surface area contributed by atoms with Gasteiger partial charge in [0.25, 0.3) is 0 Å². The van der Waals surface area contributed by atoms with Crippen molar-refractivity contribution in [2.24, 2.45) is 17.8 Å². The maximum atomic E-state index is 13.3. The molecule has 0 bridgehead atoms. The molecular formula is C24H24BNO9. The summed E-state index contributed by atoms with van der Waals surface area (Å²) in [5.74, 6) is -2.18. The molecule has 0 saturated carbocycles. The van der Waals surface area contributed by atoms with E-state index in [1.165, 1.54) is 0 Å². The number of nitrogens with zero attached hydrogens (tertiary/aromatic N) is 1. The molecular weight excluding hydrogens is 457 g/mol. The Kier molecular flexibility index (Phi) is 6.22. The molecule has 3 amide bonds. The molecule has 2 saturated heterocycles. The fraction of sp³-hybridized carbons (Fsp3) is 0.375. The molecule has 0 spiro atoms. The molecule has 1 aromatic heterocycles. The average molecular weight is 481 g/mol. The number of benzene rings is 1. The molecule has 0 radical (unpaired) electrons. The lowest BCUT2D eigenvalue weighted by Gasteiger charge is -2.41. The van der Waals surface area contributed by atoms with E-state index in [1.807, 2.05) is 18.2 Å². The van der Waals surface area contributed by atoms with Gasteiger partial charge in [0.1, 0.15) is 36.6 Å². The van der Waals surface area contributed by atoms with E-state index in [2.05, 4.69) is 4.74 Å². The third-order valence-corrected chi connectivity index (χ3v) is 6.88. The van der Waals surface area contributed by atoms with E-state index in [4.69, 9.17) is 13.8 Å². The Morgan fingerprint density at radius 1 is 1.14 bits per heavy atom. The van der Waals surface area contributed by atoms with E-state index in [0.29, 0.717) is 33.2 Å². The zero-order chi connectivity index (χ0) is 24.7. The predicted molar refractivity (Wildman–Crippen MR) is 119 cm³/mol. The number of fused-ring (bicyclic) bond motifs is 3. The van der Waals surface area contributed by atoms with Crippen molar-refractivity contribution < 1.29 is 43.1 Å². The highest BCUT2D eigenvalue weighted by Gasteiger charge is 2.59. The van der Waals surface area contributed by atoms with Crippen molar-refractivity contribution in [1.29, 1.82) is 0 Å². The van der Waals surface area contributed by atoms with Crippen LogP contribution < -0.4 is 4.74 Å². The van der Waals surface area contributed by atoms with Gasteiger partial charge in [-0.1, -0.05) is 18.2 Å². The number of rotatable bonds is 5. The SMILES string of the molecule is COC(=O)N1C(=O)[C@H]2[C@H](CC(COc3ccccc3)=C3B(O)O[C@H](c4ccc(CO)o4)C[C@H]32)C1=O. The first-order valence-corrected chi connectivity index (χ1v) is 11.3. The van der Waals surface area contributed by atoms with Crippen LogP contribution in [0.15, 0.2) is 57.9 Å². The molecule has 1 aliphatic carbocycles. The number of aliphatic hydroxyl groups is 1. The highest BCUT2D eigenvalue weighted by molar-refractivity contribution is 6.53. The maximum absolute atomic E-state index is 13.3. The number of methoxy groups -OCH3 is 1. The van der Waals surface area contributed by atoms with Gasteiger partial charge in [-0.25, -0.2) is 4.79 Å². The lowest BCUT2D eigenvalue weighted by Crippen LogP contribution is -2.45. The largest absolute Gasteiger partial charge is 0.489 e. The molecule has 2 N–H and O–H groups in total. The number of aliphatic hydroxyl groups excluding tert-OH is 1. The molecule has 10 nitrogen and oxygen atoms in total. The van der Waals surface area contributed by atoms with Crippen LogP contribution in [-0.4, -0.2) is 53.8 Å². The monoisotopic (exact) mass is 481 g/mol. The zero-order valence-corrected chi connectivity index (χ0v) is 19.0. The third-order valence-electron chi connectivity index (χ3n) is 6.88. The Bertz CT molecular complexity index is 1180. The van der Waals surface area contributed by atoms with Crippen molar-refractivity contribution in [1.82, 2.24) is 4.90 Å². The molecule has 1 aromatic carbocycles. The van der Waals surface area contributed by atoms with Gasteiger partial charge in [-0.05, 0) is 54.1 Å². The van der Waals surface area contributed by atoms with Crippen molar-refractivity contribution in [3.05, 3.63) is 65.0 Å². The second-order valence-electron chi connectivity index (χ2n) is 8.76. The number of hydrogen-bond acceptors (Lipinski definition) is 9. The summed E-state index contributed by atoms with van der Waals surface area (Å²) in [6, 6.07) is 12.3. The van der Waals surface area contributed by atoms with Crippen LogP contribution in [0, 0.1) is 17.8 Å². The molecule has 4 atom stereocenters. The van der Waals surface area contributed by atoms with Crippen LogP contribution in [0.25, 0.3) is 0 Å². The van der Waals surface area contributed by atoms with Crippen molar-refractivity contribution in [2.45, 2.75) is 25.6 Å². The molecule has 3 aliphatic rings. The Labute approximate surface area is 201 Å². The molecule has 5 rings (SSSR count). The van der Waals surface area contributed by atoms with Crippen LogP contribution in [0.4, 0.5) is 4.79 Å². The summed E-state index contributed by atoms with van der Waals surface area (Å²) < 4.78 is 22.0. The highest BCUT2D eigenvalue weighted by atomic mass is 16.5. The number of carbonyl (C=O) groups excluding carboxylic acids is 3. The molecule has 11 heteroatoms. The number of amides is 3. The van der Waals surface area contributed by atoms with Gasteiger partial charge in [-0.15, -0.1) is 0 Å². The fourth-order valence-corrected chi connectivity index (χ4v) is 5.34. The summed E-state index contributed by atoms with van der Waals surface area (Å²) >= 11 is 0. The van der Waals surface area contributed by atoms with E-state index in [1.54, 1.807) is 24.3 Å². The van der Waals surface area contributed by atoms with Crippen LogP contribution in [0.5, 0.6) is 5.75 Å². The number of allylic oxidation sites excluding steroid dienone is 1. The summed E-state index contributed by atoms with van der Waals surface area (Å²) in [5, 5.41) is 20.4. The number of hydrogen-bond donors (Lipinski definition) is 2. The lowest BCUT2D eigenvalue weighted by molar-refractivity contribution is -0.137. The number of ether oxygens (including phenoxy) is 2. The molecule has 0 unspecified atom stereocenters. The molecule has 2 fully saturated rings. The second kappa shape index (κ2) is 9.33. The van der Waals surface area contributed by atoms with Crippen molar-refractivity contribution in [2.75, 3.05) is 13.7 Å². The van der Waals surface area contributed by atoms with Gasteiger partial charge < -0.3 is 28.7 Å².